The van der Waals surface area contributed by atoms with Crippen molar-refractivity contribution in [2.24, 2.45) is 0 Å². The number of aryl methyl sites for hydroxylation is 2. The van der Waals surface area contributed by atoms with Crippen LogP contribution in [0, 0.1) is 13.8 Å². The molecule has 0 unspecified atom stereocenters. The molecule has 8 heteroatoms. The molecule has 284 valence electrons. The highest BCUT2D eigenvalue weighted by atomic mass is 16.5. The summed E-state index contributed by atoms with van der Waals surface area (Å²) in [4.78, 5) is 4.86. The lowest BCUT2D eigenvalue weighted by Crippen LogP contribution is -2.61. The second-order valence-electron chi connectivity index (χ2n) is 17.9. The van der Waals surface area contributed by atoms with Crippen molar-refractivity contribution >= 4 is 68.4 Å². The van der Waals surface area contributed by atoms with E-state index in [4.69, 9.17) is 23.4 Å². The summed E-state index contributed by atoms with van der Waals surface area (Å²) in [7, 11) is 0. The Morgan fingerprint density at radius 2 is 1.16 bits per heavy atom. The maximum absolute atomic E-state index is 7.20. The molecule has 56 heavy (non-hydrogen) atoms. The van der Waals surface area contributed by atoms with Crippen LogP contribution in [0.15, 0.2) is 83.3 Å². The molecule has 1 aromatic heterocycles. The van der Waals surface area contributed by atoms with E-state index in [1.807, 2.05) is 6.07 Å². The van der Waals surface area contributed by atoms with Crippen molar-refractivity contribution in [3.8, 4) is 23.0 Å². The highest BCUT2D eigenvalue weighted by Gasteiger charge is 2.48. The Hall–Kier alpha value is -5.50. The van der Waals surface area contributed by atoms with E-state index in [1.54, 1.807) is 0 Å². The smallest absolute Gasteiger partial charge is 0.297 e. The van der Waals surface area contributed by atoms with E-state index in [-0.39, 0.29) is 17.5 Å². The second-order valence-corrected chi connectivity index (χ2v) is 17.9. The summed E-state index contributed by atoms with van der Waals surface area (Å²) in [6.07, 6.45) is 1.67. The summed E-state index contributed by atoms with van der Waals surface area (Å²) in [5.41, 5.74) is 15.6. The van der Waals surface area contributed by atoms with E-state index in [9.17, 15) is 0 Å². The molecule has 10 rings (SSSR count). The van der Waals surface area contributed by atoms with Crippen molar-refractivity contribution in [1.82, 2.24) is 0 Å². The first-order chi connectivity index (χ1) is 26.9. The van der Waals surface area contributed by atoms with Gasteiger partial charge in [-0.15, -0.1) is 0 Å². The maximum Gasteiger partial charge on any atom is 0.297 e. The summed E-state index contributed by atoms with van der Waals surface area (Å²) in [5, 5.41) is 1.11. The van der Waals surface area contributed by atoms with Crippen LogP contribution in [0.2, 0.25) is 0 Å². The van der Waals surface area contributed by atoms with E-state index in [1.165, 1.54) is 33.4 Å². The van der Waals surface area contributed by atoms with E-state index in [0.29, 0.717) is 26.4 Å². The Bertz CT molecular complexity index is 2550. The summed E-state index contributed by atoms with van der Waals surface area (Å²) in [6, 6.07) is 28.9. The zero-order chi connectivity index (χ0) is 38.7. The van der Waals surface area contributed by atoms with Crippen molar-refractivity contribution < 1.29 is 23.4 Å². The van der Waals surface area contributed by atoms with Gasteiger partial charge in [0.05, 0.1) is 49.1 Å². The van der Waals surface area contributed by atoms with Gasteiger partial charge in [0.2, 0.25) is 0 Å². The lowest BCUT2D eigenvalue weighted by atomic mass is 9.35. The van der Waals surface area contributed by atoms with Crippen LogP contribution < -0.4 is 45.3 Å². The third kappa shape index (κ3) is 5.39. The predicted octanol–water partition coefficient (Wildman–Crippen LogP) is 10.0. The zero-order valence-corrected chi connectivity index (χ0v) is 33.8. The first-order valence-corrected chi connectivity index (χ1v) is 20.1. The highest BCUT2D eigenvalue weighted by Crippen LogP contribution is 2.51. The molecule has 0 atom stereocenters. The summed E-state index contributed by atoms with van der Waals surface area (Å²) >= 11 is 0. The number of anilines is 6. The fourth-order valence-electron chi connectivity index (χ4n) is 9.08. The van der Waals surface area contributed by atoms with Gasteiger partial charge in [0, 0.05) is 47.4 Å². The van der Waals surface area contributed by atoms with Crippen LogP contribution >= 0.6 is 0 Å². The molecule has 4 aliphatic heterocycles. The molecule has 0 aliphatic carbocycles. The minimum Gasteiger partial charge on any atom is -0.490 e. The number of benzene rings is 5. The molecular weight excluding hydrogens is 695 g/mol. The van der Waals surface area contributed by atoms with Crippen molar-refractivity contribution in [3.63, 3.8) is 0 Å². The largest absolute Gasteiger partial charge is 0.490 e. The van der Waals surface area contributed by atoms with Gasteiger partial charge >= 0.3 is 0 Å². The summed E-state index contributed by atoms with van der Waals surface area (Å²) in [5.74, 6) is 3.04. The van der Waals surface area contributed by atoms with Crippen LogP contribution in [-0.2, 0) is 10.8 Å². The highest BCUT2D eigenvalue weighted by molar-refractivity contribution is 7.00. The van der Waals surface area contributed by atoms with Crippen LogP contribution in [-0.4, -0.2) is 33.1 Å². The third-order valence-electron chi connectivity index (χ3n) is 11.9. The molecule has 4 aliphatic rings. The normalized spacial score (nSPS) is 15.9. The molecule has 0 radical (unpaired) electrons. The topological polar surface area (TPSA) is 56.5 Å². The van der Waals surface area contributed by atoms with E-state index in [0.717, 1.165) is 86.4 Å². The SMILES string of the molecule is Cc1cc(C(C)(C)C)cc(C)c1N1c2cccc3c2B(c2cc4c(cc2N3c2ccc3c(c2)OCCCO3)OCCCO4)c2oc3ccc(C(C)(C)C)cc3c21. The van der Waals surface area contributed by atoms with Gasteiger partial charge in [-0.3, -0.25) is 0 Å². The van der Waals surface area contributed by atoms with E-state index in [2.05, 4.69) is 138 Å². The molecule has 0 fully saturated rings. The van der Waals surface area contributed by atoms with Crippen molar-refractivity contribution in [3.05, 3.63) is 101 Å². The number of furan rings is 1. The lowest BCUT2D eigenvalue weighted by molar-refractivity contribution is 0.296. The zero-order valence-electron chi connectivity index (χ0n) is 33.8. The molecular formula is C48H49BN2O5. The molecule has 0 saturated carbocycles. The average molecular weight is 745 g/mol. The third-order valence-corrected chi connectivity index (χ3v) is 11.9. The van der Waals surface area contributed by atoms with Crippen LogP contribution in [0.4, 0.5) is 34.1 Å². The van der Waals surface area contributed by atoms with Gasteiger partial charge in [0.15, 0.2) is 23.0 Å². The van der Waals surface area contributed by atoms with Gasteiger partial charge < -0.3 is 33.2 Å². The summed E-state index contributed by atoms with van der Waals surface area (Å²) in [6.45, 7) is 20.5. The maximum atomic E-state index is 7.20. The number of hydrogen-bond acceptors (Lipinski definition) is 7. The molecule has 5 aromatic carbocycles. The Labute approximate surface area is 330 Å². The van der Waals surface area contributed by atoms with Crippen LogP contribution in [0.1, 0.15) is 76.6 Å². The second kappa shape index (κ2) is 12.5. The molecule has 0 bridgehead atoms. The quantitative estimate of drug-likeness (QED) is 0.163. The average Bonchev–Trinajstić information content (AvgIpc) is 3.27. The van der Waals surface area contributed by atoms with Gasteiger partial charge in [0.25, 0.3) is 6.71 Å². The standard InChI is InChI=1S/C48H49BN2O5/c1-28-22-31(48(6,7)8)23-29(2)44(28)51-36-13-9-12-35-43(36)49(46-45(51)33-24-30(47(3,4)5)14-16-38(33)56-46)34-26-41-42(55-21-11-20-54-41)27-37(34)50(35)32-15-17-39-40(25-32)53-19-10-18-52-39/h9,12-17,22-27H,10-11,18-21H2,1-8H3. The number of nitrogens with zero attached hydrogens (tertiary/aromatic N) is 2. The van der Waals surface area contributed by atoms with Crippen molar-refractivity contribution in [1.29, 1.82) is 0 Å². The molecule has 7 nitrogen and oxygen atoms in total. The van der Waals surface area contributed by atoms with Crippen LogP contribution in [0.5, 0.6) is 23.0 Å². The molecule has 5 heterocycles. The van der Waals surface area contributed by atoms with Gasteiger partial charge in [-0.25, -0.2) is 0 Å². The van der Waals surface area contributed by atoms with Gasteiger partial charge in [-0.1, -0.05) is 65.8 Å². The Morgan fingerprint density at radius 3 is 1.82 bits per heavy atom. The van der Waals surface area contributed by atoms with Crippen molar-refractivity contribution in [2.45, 2.75) is 79.1 Å². The van der Waals surface area contributed by atoms with Gasteiger partial charge in [0.1, 0.15) is 5.58 Å². The number of ether oxygens (including phenoxy) is 4. The van der Waals surface area contributed by atoms with E-state index < -0.39 is 0 Å². The minimum absolute atomic E-state index is 0.0126. The number of rotatable bonds is 2. The fourth-order valence-corrected chi connectivity index (χ4v) is 9.08. The molecule has 0 saturated heterocycles. The van der Waals surface area contributed by atoms with E-state index >= 15 is 0 Å². The number of fused-ring (bicyclic) bond motifs is 8. The molecule has 0 amide bonds. The molecule has 0 N–H and O–H groups in total. The van der Waals surface area contributed by atoms with Crippen LogP contribution in [0.25, 0.3) is 11.0 Å². The Morgan fingerprint density at radius 1 is 0.554 bits per heavy atom. The first kappa shape index (κ1) is 35.0. The molecule has 6 aromatic rings. The minimum atomic E-state index is -0.212. The Balaban J connectivity index is 1.30. The first-order valence-electron chi connectivity index (χ1n) is 20.1. The monoisotopic (exact) mass is 744 g/mol. The van der Waals surface area contributed by atoms with Gasteiger partial charge in [-0.2, -0.15) is 0 Å². The van der Waals surface area contributed by atoms with Crippen LogP contribution in [0.3, 0.4) is 0 Å². The summed E-state index contributed by atoms with van der Waals surface area (Å²) < 4.78 is 32.3. The predicted molar refractivity (Wildman–Crippen MR) is 228 cm³/mol. The number of hydrogen-bond donors (Lipinski definition) is 0. The lowest BCUT2D eigenvalue weighted by Gasteiger charge is -2.43. The molecule has 0 spiro atoms. The Kier molecular flexibility index (Phi) is 7.81. The van der Waals surface area contributed by atoms with Crippen molar-refractivity contribution in [2.75, 3.05) is 36.2 Å². The van der Waals surface area contributed by atoms with Gasteiger partial charge in [-0.05, 0) is 100 Å². The fraction of sp³-hybridized carbons (Fsp3) is 0.333.